The highest BCUT2D eigenvalue weighted by atomic mass is 32.2. The van der Waals surface area contributed by atoms with Crippen molar-refractivity contribution in [2.24, 2.45) is 0 Å². The van der Waals surface area contributed by atoms with E-state index in [1.807, 2.05) is 11.6 Å². The summed E-state index contributed by atoms with van der Waals surface area (Å²) in [4.78, 5) is 25.4. The van der Waals surface area contributed by atoms with E-state index in [4.69, 9.17) is 10.5 Å². The fraction of sp³-hybridized carbons (Fsp3) is 0.448. The van der Waals surface area contributed by atoms with Crippen LogP contribution in [0.3, 0.4) is 0 Å². The minimum Gasteiger partial charge on any atom is -0.467 e. The summed E-state index contributed by atoms with van der Waals surface area (Å²) in [5.74, 6) is 4.45. The Morgan fingerprint density at radius 3 is 2.65 bits per heavy atom. The summed E-state index contributed by atoms with van der Waals surface area (Å²) in [6.45, 7) is 4.90. The fourth-order valence-corrected chi connectivity index (χ4v) is 6.88. The zero-order valence-electron chi connectivity index (χ0n) is 24.4. The predicted molar refractivity (Wildman–Crippen MR) is 155 cm³/mol. The van der Waals surface area contributed by atoms with Gasteiger partial charge in [-0.15, -0.1) is 17.7 Å². The van der Waals surface area contributed by atoms with Crippen molar-refractivity contribution in [3.8, 4) is 17.9 Å². The van der Waals surface area contributed by atoms with Gasteiger partial charge in [-0.1, -0.05) is 5.92 Å². The zero-order valence-corrected chi connectivity index (χ0v) is 25.2. The van der Waals surface area contributed by atoms with E-state index in [0.717, 1.165) is 22.9 Å². The lowest BCUT2D eigenvalue weighted by Crippen LogP contribution is -2.28. The molecule has 0 spiro atoms. The van der Waals surface area contributed by atoms with Crippen LogP contribution in [-0.4, -0.2) is 58.3 Å². The van der Waals surface area contributed by atoms with Crippen molar-refractivity contribution in [1.82, 2.24) is 24.6 Å². The van der Waals surface area contributed by atoms with Crippen LogP contribution in [0.4, 0.5) is 29.1 Å². The van der Waals surface area contributed by atoms with Gasteiger partial charge in [0.15, 0.2) is 11.5 Å². The van der Waals surface area contributed by atoms with Gasteiger partial charge in [0.2, 0.25) is 0 Å². The molecule has 0 aliphatic carbocycles. The number of thioether (sulfide) groups is 1. The second kappa shape index (κ2) is 11.6. The van der Waals surface area contributed by atoms with Crippen molar-refractivity contribution < 1.29 is 27.1 Å². The highest BCUT2D eigenvalue weighted by Crippen LogP contribution is 2.49. The highest BCUT2D eigenvalue weighted by Gasteiger charge is 2.42. The molecular formula is C29H31F4N7O2S. The Hall–Kier alpha value is -3.99. The lowest BCUT2D eigenvalue weighted by molar-refractivity contribution is -0.138. The van der Waals surface area contributed by atoms with Crippen molar-refractivity contribution in [3.63, 3.8) is 0 Å². The molecular weight excluding hydrogens is 586 g/mol. The number of hydrogen-bond acceptors (Lipinski definition) is 8. The molecule has 2 N–H and O–H groups in total. The molecule has 1 unspecified atom stereocenters. The van der Waals surface area contributed by atoms with Crippen LogP contribution in [0.2, 0.25) is 0 Å². The quantitative estimate of drug-likeness (QED) is 0.255. The number of aromatic nitrogens is 4. The monoisotopic (exact) mass is 617 g/mol. The van der Waals surface area contributed by atoms with Gasteiger partial charge in [0.25, 0.3) is 5.91 Å². The molecule has 0 bridgehead atoms. The normalized spacial score (nSPS) is 16.5. The first kappa shape index (κ1) is 30.5. The summed E-state index contributed by atoms with van der Waals surface area (Å²) < 4.78 is 65.7. The van der Waals surface area contributed by atoms with Crippen LogP contribution in [0.25, 0.3) is 0 Å². The molecule has 2 aliphatic rings. The molecule has 2 aromatic heterocycles. The highest BCUT2D eigenvalue weighted by molar-refractivity contribution is 7.98. The van der Waals surface area contributed by atoms with E-state index >= 15 is 4.39 Å². The van der Waals surface area contributed by atoms with Gasteiger partial charge in [0.1, 0.15) is 5.82 Å². The number of carbonyl (C=O) groups excluding carboxylic acids is 1. The molecule has 0 radical (unpaired) electrons. The number of aryl methyl sites for hydroxylation is 1. The average Bonchev–Trinajstić information content (AvgIpc) is 3.12. The summed E-state index contributed by atoms with van der Waals surface area (Å²) in [6, 6.07) is 0.992. The number of halogens is 4. The fourth-order valence-electron chi connectivity index (χ4n) is 5.55. The molecule has 3 aromatic rings. The van der Waals surface area contributed by atoms with E-state index < -0.39 is 34.1 Å². The number of nitrogen functional groups attached to an aromatic ring is 1. The van der Waals surface area contributed by atoms with Crippen molar-refractivity contribution in [3.05, 3.63) is 56.8 Å². The number of ether oxygens (including phenoxy) is 1. The Balaban J connectivity index is 1.56. The van der Waals surface area contributed by atoms with Crippen molar-refractivity contribution in [2.75, 3.05) is 38.4 Å². The first-order chi connectivity index (χ1) is 20.3. The van der Waals surface area contributed by atoms with Crippen LogP contribution >= 0.6 is 11.8 Å². The smallest absolute Gasteiger partial charge is 0.418 e. The molecule has 5 rings (SSSR count). The van der Waals surface area contributed by atoms with E-state index in [2.05, 4.69) is 31.8 Å². The summed E-state index contributed by atoms with van der Waals surface area (Å²) >= 11 is 1.18. The Morgan fingerprint density at radius 1 is 1.26 bits per heavy atom. The van der Waals surface area contributed by atoms with E-state index in [1.165, 1.54) is 30.7 Å². The van der Waals surface area contributed by atoms with Crippen molar-refractivity contribution in [2.45, 2.75) is 57.0 Å². The molecule has 1 aromatic carbocycles. The van der Waals surface area contributed by atoms with Crippen molar-refractivity contribution >= 4 is 29.2 Å². The molecule has 0 fully saturated rings. The summed E-state index contributed by atoms with van der Waals surface area (Å²) in [7, 11) is 4.76. The van der Waals surface area contributed by atoms with Crippen LogP contribution in [0, 0.1) is 24.6 Å². The third-order valence-electron chi connectivity index (χ3n) is 7.60. The number of fused-ring (bicyclic) bond motifs is 2. The maximum absolute atomic E-state index is 15.4. The third-order valence-corrected chi connectivity index (χ3v) is 8.86. The Morgan fingerprint density at radius 2 is 2.00 bits per heavy atom. The average molecular weight is 618 g/mol. The third kappa shape index (κ3) is 5.58. The molecule has 1 atom stereocenters. The van der Waals surface area contributed by atoms with Gasteiger partial charge in [-0.05, 0) is 26.3 Å². The second-order valence-corrected chi connectivity index (χ2v) is 11.8. The minimum atomic E-state index is -4.85. The number of nitrogens with two attached hydrogens (primary N) is 1. The topological polar surface area (TPSA) is 102 Å². The number of rotatable bonds is 4. The molecule has 228 valence electrons. The van der Waals surface area contributed by atoms with Gasteiger partial charge in [-0.3, -0.25) is 9.48 Å². The number of carbonyl (C=O) groups is 1. The summed E-state index contributed by atoms with van der Waals surface area (Å²) in [5.41, 5.74) is 6.69. The number of amides is 1. The van der Waals surface area contributed by atoms with Gasteiger partial charge in [0.05, 0.1) is 36.3 Å². The lowest BCUT2D eigenvalue weighted by atomic mass is 9.93. The van der Waals surface area contributed by atoms with Crippen LogP contribution in [0.1, 0.15) is 68.3 Å². The Labute approximate surface area is 250 Å². The molecule has 0 saturated carbocycles. The number of methoxy groups -OCH3 is 1. The number of anilines is 2. The number of hydrogen-bond donors (Lipinski definition) is 1. The Kier molecular flexibility index (Phi) is 8.22. The van der Waals surface area contributed by atoms with E-state index in [-0.39, 0.29) is 29.7 Å². The van der Waals surface area contributed by atoms with Crippen molar-refractivity contribution in [1.29, 1.82) is 0 Å². The maximum Gasteiger partial charge on any atom is 0.418 e. The van der Waals surface area contributed by atoms with E-state index in [0.29, 0.717) is 43.3 Å². The molecule has 1 amide bonds. The standard InChI is InChI=1S/C29H31F4N7O2S/c1-6-8-16-11-18(34)24(30)22(23(16)29(31,32)33)21-12-19-17(14-43-21)26(36-28(35-19)42-5)39-9-7-10-40-20(13-39)15(2)25(37-40)27(41)38(3)4/h11,21H,7,9-10,12-14,34H2,1-5H3. The Bertz CT molecular complexity index is 1660. The lowest BCUT2D eigenvalue weighted by Gasteiger charge is -2.31. The predicted octanol–water partition coefficient (Wildman–Crippen LogP) is 4.74. The van der Waals surface area contributed by atoms with E-state index in [1.54, 1.807) is 14.1 Å². The van der Waals surface area contributed by atoms with Crippen LogP contribution in [0.15, 0.2) is 6.07 Å². The van der Waals surface area contributed by atoms with Gasteiger partial charge in [-0.2, -0.15) is 28.2 Å². The van der Waals surface area contributed by atoms with Crippen LogP contribution in [0.5, 0.6) is 6.01 Å². The maximum atomic E-state index is 15.4. The minimum absolute atomic E-state index is 0.000607. The SMILES string of the molecule is CC#Cc1cc(N)c(F)c(C2Cc3nc(OC)nc(N4CCCn5nc(C(=O)N(C)C)c(C)c5C4)c3CS2)c1C(F)(F)F. The number of nitrogens with zero attached hydrogens (tertiary/aromatic N) is 6. The first-order valence-electron chi connectivity index (χ1n) is 13.6. The van der Waals surface area contributed by atoms with Gasteiger partial charge in [-0.25, -0.2) is 4.39 Å². The van der Waals surface area contributed by atoms with E-state index in [9.17, 15) is 18.0 Å². The largest absolute Gasteiger partial charge is 0.467 e. The van der Waals surface area contributed by atoms with Gasteiger partial charge < -0.3 is 20.3 Å². The van der Waals surface area contributed by atoms with Crippen LogP contribution in [-0.2, 0) is 31.4 Å². The molecule has 2 aliphatic heterocycles. The molecule has 4 heterocycles. The van der Waals surface area contributed by atoms with Gasteiger partial charge in [0, 0.05) is 66.9 Å². The molecule has 43 heavy (non-hydrogen) atoms. The second-order valence-electron chi connectivity index (χ2n) is 10.6. The van der Waals surface area contributed by atoms with Gasteiger partial charge >= 0.3 is 12.2 Å². The molecule has 9 nitrogen and oxygen atoms in total. The zero-order chi connectivity index (χ0) is 31.2. The number of alkyl halides is 3. The first-order valence-corrected chi connectivity index (χ1v) is 14.6. The molecule has 0 saturated heterocycles. The molecule has 14 heteroatoms. The summed E-state index contributed by atoms with van der Waals surface area (Å²) in [5, 5.41) is 3.65. The van der Waals surface area contributed by atoms with Crippen LogP contribution < -0.4 is 15.4 Å². The number of benzene rings is 1. The summed E-state index contributed by atoms with van der Waals surface area (Å²) in [6.07, 6.45) is -4.13.